The van der Waals surface area contributed by atoms with E-state index < -0.39 is 0 Å². The summed E-state index contributed by atoms with van der Waals surface area (Å²) >= 11 is 3.63. The first-order valence-corrected chi connectivity index (χ1v) is 8.44. The Labute approximate surface area is 130 Å². The molecule has 0 amide bonds. The van der Waals surface area contributed by atoms with Crippen LogP contribution in [-0.4, -0.2) is 12.6 Å². The molecule has 1 aromatic carbocycles. The molecular formula is C17H24BrNO. The Morgan fingerprint density at radius 3 is 3.00 bits per heavy atom. The van der Waals surface area contributed by atoms with Gasteiger partial charge in [-0.1, -0.05) is 29.8 Å². The highest BCUT2D eigenvalue weighted by molar-refractivity contribution is 9.10. The number of benzene rings is 1. The zero-order valence-corrected chi connectivity index (χ0v) is 14.0. The lowest BCUT2D eigenvalue weighted by molar-refractivity contribution is 0.156. The van der Waals surface area contributed by atoms with Gasteiger partial charge >= 0.3 is 0 Å². The van der Waals surface area contributed by atoms with E-state index in [9.17, 15) is 0 Å². The fourth-order valence-corrected chi connectivity index (χ4v) is 4.31. The third-order valence-electron chi connectivity index (χ3n) is 4.88. The molecule has 1 aliphatic carbocycles. The number of hydrogen-bond acceptors (Lipinski definition) is 2. The maximum absolute atomic E-state index is 6.38. The van der Waals surface area contributed by atoms with Crippen molar-refractivity contribution in [1.82, 2.24) is 0 Å². The van der Waals surface area contributed by atoms with E-state index in [0.717, 1.165) is 31.6 Å². The minimum atomic E-state index is 0.332. The van der Waals surface area contributed by atoms with Crippen molar-refractivity contribution in [1.29, 1.82) is 0 Å². The number of rotatable bonds is 2. The molecule has 0 spiro atoms. The summed E-state index contributed by atoms with van der Waals surface area (Å²) in [4.78, 5) is 0. The van der Waals surface area contributed by atoms with E-state index in [2.05, 4.69) is 41.9 Å². The highest BCUT2D eigenvalue weighted by Gasteiger charge is 2.34. The van der Waals surface area contributed by atoms with Crippen molar-refractivity contribution < 1.29 is 4.74 Å². The predicted molar refractivity (Wildman–Crippen MR) is 86.1 cm³/mol. The van der Waals surface area contributed by atoms with E-state index in [4.69, 9.17) is 10.5 Å². The number of hydrogen-bond donors (Lipinski definition) is 1. The molecule has 2 N–H and O–H groups in total. The standard InChI is InChI=1S/C17H24BrNO/c1-17(2)5-3-15(19)13(10-17)7-12-9-14(18)8-11-4-6-20-16(11)12/h8-9,13,15H,3-7,10,19H2,1-2H3. The zero-order chi connectivity index (χ0) is 14.3. The van der Waals surface area contributed by atoms with Crippen molar-refractivity contribution in [2.75, 3.05) is 6.61 Å². The average molecular weight is 338 g/mol. The van der Waals surface area contributed by atoms with Crippen molar-refractivity contribution in [3.8, 4) is 5.75 Å². The van der Waals surface area contributed by atoms with Gasteiger partial charge in [-0.2, -0.15) is 0 Å². The number of halogens is 1. The molecule has 20 heavy (non-hydrogen) atoms. The predicted octanol–water partition coefficient (Wildman–Crippen LogP) is 4.08. The summed E-state index contributed by atoms with van der Waals surface area (Å²) in [6.07, 6.45) is 5.69. The van der Waals surface area contributed by atoms with E-state index in [1.165, 1.54) is 28.4 Å². The Morgan fingerprint density at radius 1 is 1.40 bits per heavy atom. The molecule has 3 heteroatoms. The first kappa shape index (κ1) is 14.4. The topological polar surface area (TPSA) is 35.2 Å². The fraction of sp³-hybridized carbons (Fsp3) is 0.647. The molecule has 0 radical (unpaired) electrons. The smallest absolute Gasteiger partial charge is 0.125 e. The van der Waals surface area contributed by atoms with Crippen LogP contribution in [0, 0.1) is 11.3 Å². The van der Waals surface area contributed by atoms with Gasteiger partial charge in [0.1, 0.15) is 5.75 Å². The summed E-state index contributed by atoms with van der Waals surface area (Å²) in [7, 11) is 0. The lowest BCUT2D eigenvalue weighted by atomic mass is 9.68. The van der Waals surface area contributed by atoms with Gasteiger partial charge in [-0.3, -0.25) is 0 Å². The van der Waals surface area contributed by atoms with Gasteiger partial charge in [0.15, 0.2) is 0 Å². The van der Waals surface area contributed by atoms with Crippen LogP contribution in [0.2, 0.25) is 0 Å². The van der Waals surface area contributed by atoms with Crippen LogP contribution in [0.25, 0.3) is 0 Å². The lowest BCUT2D eigenvalue weighted by Gasteiger charge is -2.39. The number of ether oxygens (including phenoxy) is 1. The van der Waals surface area contributed by atoms with E-state index in [-0.39, 0.29) is 0 Å². The van der Waals surface area contributed by atoms with Crippen molar-refractivity contribution in [2.45, 2.75) is 52.0 Å². The van der Waals surface area contributed by atoms with E-state index in [0.29, 0.717) is 17.4 Å². The maximum Gasteiger partial charge on any atom is 0.125 e. The highest BCUT2D eigenvalue weighted by Crippen LogP contribution is 2.42. The van der Waals surface area contributed by atoms with Gasteiger partial charge in [0, 0.05) is 16.9 Å². The van der Waals surface area contributed by atoms with E-state index in [1.807, 2.05) is 0 Å². The average Bonchev–Trinajstić information content (AvgIpc) is 2.81. The Balaban J connectivity index is 1.84. The van der Waals surface area contributed by atoms with Crippen LogP contribution in [0.4, 0.5) is 0 Å². The van der Waals surface area contributed by atoms with Crippen LogP contribution in [0.1, 0.15) is 44.2 Å². The van der Waals surface area contributed by atoms with Gasteiger partial charge in [-0.15, -0.1) is 0 Å². The van der Waals surface area contributed by atoms with Gasteiger partial charge in [-0.25, -0.2) is 0 Å². The second-order valence-corrected chi connectivity index (χ2v) is 8.10. The van der Waals surface area contributed by atoms with Gasteiger partial charge < -0.3 is 10.5 Å². The molecule has 2 aliphatic rings. The Bertz CT molecular complexity index is 512. The third-order valence-corrected chi connectivity index (χ3v) is 5.34. The van der Waals surface area contributed by atoms with Gasteiger partial charge in [-0.05, 0) is 60.3 Å². The van der Waals surface area contributed by atoms with Crippen molar-refractivity contribution >= 4 is 15.9 Å². The minimum absolute atomic E-state index is 0.332. The normalized spacial score (nSPS) is 28.0. The molecule has 0 aromatic heterocycles. The molecule has 1 saturated carbocycles. The Hall–Kier alpha value is -0.540. The molecular weight excluding hydrogens is 314 g/mol. The fourth-order valence-electron chi connectivity index (χ4n) is 3.76. The molecule has 1 fully saturated rings. The summed E-state index contributed by atoms with van der Waals surface area (Å²) < 4.78 is 7.02. The van der Waals surface area contributed by atoms with Crippen LogP contribution in [0.15, 0.2) is 16.6 Å². The van der Waals surface area contributed by atoms with Gasteiger partial charge in [0.05, 0.1) is 6.61 Å². The van der Waals surface area contributed by atoms with Crippen LogP contribution in [0.3, 0.4) is 0 Å². The second-order valence-electron chi connectivity index (χ2n) is 7.19. The molecule has 2 nitrogen and oxygen atoms in total. The first-order chi connectivity index (χ1) is 9.44. The molecule has 1 aliphatic heterocycles. The van der Waals surface area contributed by atoms with Crippen LogP contribution < -0.4 is 10.5 Å². The van der Waals surface area contributed by atoms with Crippen molar-refractivity contribution in [3.63, 3.8) is 0 Å². The molecule has 110 valence electrons. The molecule has 1 heterocycles. The molecule has 3 rings (SSSR count). The third kappa shape index (κ3) is 2.89. The molecule has 2 atom stereocenters. The lowest BCUT2D eigenvalue weighted by Crippen LogP contribution is -2.40. The molecule has 0 bridgehead atoms. The second kappa shape index (κ2) is 5.34. The summed E-state index contributed by atoms with van der Waals surface area (Å²) in [6, 6.07) is 4.74. The Morgan fingerprint density at radius 2 is 2.20 bits per heavy atom. The SMILES string of the molecule is CC1(C)CCC(N)C(Cc2cc(Br)cc3c2OCC3)C1. The number of nitrogens with two attached hydrogens (primary N) is 1. The summed E-state index contributed by atoms with van der Waals surface area (Å²) in [5.41, 5.74) is 9.49. The summed E-state index contributed by atoms with van der Waals surface area (Å²) in [6.45, 7) is 5.56. The molecule has 0 saturated heterocycles. The summed E-state index contributed by atoms with van der Waals surface area (Å²) in [5, 5.41) is 0. The van der Waals surface area contributed by atoms with Crippen LogP contribution in [-0.2, 0) is 12.8 Å². The molecule has 2 unspecified atom stereocenters. The van der Waals surface area contributed by atoms with Gasteiger partial charge in [0.25, 0.3) is 0 Å². The quantitative estimate of drug-likeness (QED) is 0.882. The van der Waals surface area contributed by atoms with Crippen molar-refractivity contribution in [2.24, 2.45) is 17.1 Å². The monoisotopic (exact) mass is 337 g/mol. The Kier molecular flexibility index (Phi) is 3.85. The zero-order valence-electron chi connectivity index (χ0n) is 12.4. The molecule has 1 aromatic rings. The summed E-state index contributed by atoms with van der Waals surface area (Å²) in [5.74, 6) is 1.70. The first-order valence-electron chi connectivity index (χ1n) is 7.64. The van der Waals surface area contributed by atoms with Gasteiger partial charge in [0.2, 0.25) is 0 Å². The van der Waals surface area contributed by atoms with Crippen molar-refractivity contribution in [3.05, 3.63) is 27.7 Å². The van der Waals surface area contributed by atoms with Crippen LogP contribution >= 0.6 is 15.9 Å². The largest absolute Gasteiger partial charge is 0.493 e. The van der Waals surface area contributed by atoms with E-state index in [1.54, 1.807) is 0 Å². The van der Waals surface area contributed by atoms with E-state index >= 15 is 0 Å². The maximum atomic E-state index is 6.38. The minimum Gasteiger partial charge on any atom is -0.493 e. The highest BCUT2D eigenvalue weighted by atomic mass is 79.9. The number of fused-ring (bicyclic) bond motifs is 1. The van der Waals surface area contributed by atoms with Crippen LogP contribution in [0.5, 0.6) is 5.75 Å².